The number of carbonyl (C=O) groups is 1. The van der Waals surface area contributed by atoms with E-state index in [1.165, 1.54) is 0 Å². The van der Waals surface area contributed by atoms with Crippen molar-refractivity contribution < 1.29 is 38.0 Å². The van der Waals surface area contributed by atoms with Gasteiger partial charge in [-0.15, -0.1) is 0 Å². The Morgan fingerprint density at radius 1 is 1.28 bits per heavy atom. The zero-order chi connectivity index (χ0) is 14.1. The molecule has 1 aromatic carbocycles. The molecule has 0 saturated heterocycles. The summed E-state index contributed by atoms with van der Waals surface area (Å²) in [4.78, 5) is 11.2. The summed E-state index contributed by atoms with van der Waals surface area (Å²) >= 11 is 0. The van der Waals surface area contributed by atoms with Crippen molar-refractivity contribution in [2.75, 3.05) is 7.11 Å². The van der Waals surface area contributed by atoms with Crippen LogP contribution in [0, 0.1) is 0 Å². The first-order valence-corrected chi connectivity index (χ1v) is 4.54. The molecule has 100 valence electrons. The quantitative estimate of drug-likeness (QED) is 0.696. The topological polar surface area (TPSA) is 87.0 Å². The number of alkyl halides is 3. The van der Waals surface area contributed by atoms with Gasteiger partial charge in [0.1, 0.15) is 11.5 Å². The van der Waals surface area contributed by atoms with Gasteiger partial charge < -0.3 is 20.1 Å². The zero-order valence-electron chi connectivity index (χ0n) is 9.02. The smallest absolute Gasteiger partial charge is 0.432 e. The van der Waals surface area contributed by atoms with Crippen molar-refractivity contribution in [1.29, 1.82) is 0 Å². The number of benzene rings is 1. The lowest BCUT2D eigenvalue weighted by atomic mass is 9.92. The third-order valence-electron chi connectivity index (χ3n) is 2.26. The van der Waals surface area contributed by atoms with Crippen molar-refractivity contribution in [1.82, 2.24) is 0 Å². The molecule has 0 saturated carbocycles. The molecular formula is C10H9F3O5. The number of hydrogen-bond acceptors (Lipinski definition) is 5. The molecule has 0 aliphatic carbocycles. The van der Waals surface area contributed by atoms with E-state index >= 15 is 0 Å². The Kier molecular flexibility index (Phi) is 3.43. The monoisotopic (exact) mass is 266 g/mol. The molecule has 0 amide bonds. The normalized spacial score (nSPS) is 14.9. The molecule has 1 atom stereocenters. The number of aliphatic hydroxyl groups is 1. The average Bonchev–Trinajstić information content (AvgIpc) is 2.25. The first-order chi connectivity index (χ1) is 8.14. The van der Waals surface area contributed by atoms with E-state index in [-0.39, 0.29) is 0 Å². The van der Waals surface area contributed by atoms with Gasteiger partial charge in [-0.3, -0.25) is 0 Å². The van der Waals surface area contributed by atoms with Crippen LogP contribution in [-0.2, 0) is 15.1 Å². The molecule has 0 fully saturated rings. The molecule has 0 aliphatic rings. The Hall–Kier alpha value is -1.96. The highest BCUT2D eigenvalue weighted by Crippen LogP contribution is 2.44. The van der Waals surface area contributed by atoms with Gasteiger partial charge in [0.25, 0.3) is 5.60 Å². The van der Waals surface area contributed by atoms with Gasteiger partial charge in [0.05, 0.1) is 7.11 Å². The molecule has 8 heteroatoms. The Morgan fingerprint density at radius 2 is 1.83 bits per heavy atom. The van der Waals surface area contributed by atoms with Crippen LogP contribution in [0.5, 0.6) is 11.5 Å². The molecule has 0 spiro atoms. The minimum atomic E-state index is -5.39. The second kappa shape index (κ2) is 4.37. The molecule has 3 N–H and O–H groups in total. The minimum absolute atomic E-state index is 0.523. The second-order valence-corrected chi connectivity index (χ2v) is 3.40. The molecule has 1 unspecified atom stereocenters. The molecule has 18 heavy (non-hydrogen) atoms. The van der Waals surface area contributed by atoms with E-state index in [0.717, 1.165) is 6.07 Å². The fourth-order valence-electron chi connectivity index (χ4n) is 1.35. The Balaban J connectivity index is 3.50. The predicted octanol–water partition coefficient (Wildman–Crippen LogP) is 1.02. The number of methoxy groups -OCH3 is 1. The lowest BCUT2D eigenvalue weighted by Crippen LogP contribution is -2.49. The summed E-state index contributed by atoms with van der Waals surface area (Å²) in [6.07, 6.45) is -5.39. The number of hydrogen-bond donors (Lipinski definition) is 3. The summed E-state index contributed by atoms with van der Waals surface area (Å²) in [7, 11) is 0.663. The SMILES string of the molecule is COC(=O)C(O)(c1ccc(O)cc1O)C(F)(F)F. The van der Waals surface area contributed by atoms with Crippen molar-refractivity contribution >= 4 is 5.97 Å². The van der Waals surface area contributed by atoms with Gasteiger partial charge >= 0.3 is 12.1 Å². The van der Waals surface area contributed by atoms with Crippen LogP contribution in [0.3, 0.4) is 0 Å². The van der Waals surface area contributed by atoms with Crippen LogP contribution < -0.4 is 0 Å². The van der Waals surface area contributed by atoms with E-state index in [9.17, 15) is 28.2 Å². The van der Waals surface area contributed by atoms with Crippen molar-refractivity contribution in [3.63, 3.8) is 0 Å². The standard InChI is InChI=1S/C10H9F3O5/c1-18-8(16)9(17,10(11,12)13)6-3-2-5(14)4-7(6)15/h2-4,14-15,17H,1H3. The third kappa shape index (κ3) is 2.06. The van der Waals surface area contributed by atoms with Gasteiger partial charge in [0, 0.05) is 11.6 Å². The summed E-state index contributed by atoms with van der Waals surface area (Å²) in [6, 6.07) is 1.93. The molecular weight excluding hydrogens is 257 g/mol. The zero-order valence-corrected chi connectivity index (χ0v) is 9.02. The van der Waals surface area contributed by atoms with E-state index in [4.69, 9.17) is 5.11 Å². The Bertz CT molecular complexity index is 471. The second-order valence-electron chi connectivity index (χ2n) is 3.40. The third-order valence-corrected chi connectivity index (χ3v) is 2.26. The average molecular weight is 266 g/mol. The Labute approximate surface area is 99.0 Å². The van der Waals surface area contributed by atoms with Crippen LogP contribution in [0.2, 0.25) is 0 Å². The van der Waals surface area contributed by atoms with Crippen LogP contribution in [0.15, 0.2) is 18.2 Å². The number of halogens is 3. The van der Waals surface area contributed by atoms with Crippen LogP contribution in [0.25, 0.3) is 0 Å². The lowest BCUT2D eigenvalue weighted by Gasteiger charge is -2.28. The highest BCUT2D eigenvalue weighted by Gasteiger charge is 2.63. The van der Waals surface area contributed by atoms with Crippen molar-refractivity contribution in [2.24, 2.45) is 0 Å². The Morgan fingerprint density at radius 3 is 2.22 bits per heavy atom. The van der Waals surface area contributed by atoms with Crippen LogP contribution in [0.4, 0.5) is 13.2 Å². The predicted molar refractivity (Wildman–Crippen MR) is 51.7 cm³/mol. The van der Waals surface area contributed by atoms with Gasteiger partial charge in [0.15, 0.2) is 0 Å². The number of phenols is 2. The summed E-state index contributed by atoms with van der Waals surface area (Å²) in [5.74, 6) is -3.60. The largest absolute Gasteiger partial charge is 0.508 e. The summed E-state index contributed by atoms with van der Waals surface area (Å²) < 4.78 is 42.2. The maximum Gasteiger partial charge on any atom is 0.432 e. The van der Waals surface area contributed by atoms with Crippen LogP contribution >= 0.6 is 0 Å². The number of ether oxygens (including phenoxy) is 1. The molecule has 0 radical (unpaired) electrons. The number of esters is 1. The molecule has 1 rings (SSSR count). The van der Waals surface area contributed by atoms with Crippen molar-refractivity contribution in [3.8, 4) is 11.5 Å². The summed E-state index contributed by atoms with van der Waals surface area (Å²) in [5, 5.41) is 27.8. The van der Waals surface area contributed by atoms with E-state index in [1.807, 2.05) is 0 Å². The van der Waals surface area contributed by atoms with Gasteiger partial charge in [-0.25, -0.2) is 4.79 Å². The van der Waals surface area contributed by atoms with E-state index in [2.05, 4.69) is 4.74 Å². The first-order valence-electron chi connectivity index (χ1n) is 4.54. The molecule has 5 nitrogen and oxygen atoms in total. The van der Waals surface area contributed by atoms with Crippen molar-refractivity contribution in [3.05, 3.63) is 23.8 Å². The van der Waals surface area contributed by atoms with Gasteiger partial charge in [-0.1, -0.05) is 0 Å². The highest BCUT2D eigenvalue weighted by molar-refractivity contribution is 5.83. The summed E-state index contributed by atoms with van der Waals surface area (Å²) in [5.41, 5.74) is -5.13. The molecule has 1 aromatic rings. The van der Waals surface area contributed by atoms with E-state index in [1.54, 1.807) is 0 Å². The minimum Gasteiger partial charge on any atom is -0.508 e. The fraction of sp³-hybridized carbons (Fsp3) is 0.300. The number of aromatic hydroxyl groups is 2. The summed E-state index contributed by atoms with van der Waals surface area (Å²) in [6.45, 7) is 0. The highest BCUT2D eigenvalue weighted by atomic mass is 19.4. The van der Waals surface area contributed by atoms with Gasteiger partial charge in [0.2, 0.25) is 0 Å². The molecule has 0 aliphatic heterocycles. The van der Waals surface area contributed by atoms with E-state index < -0.39 is 34.8 Å². The lowest BCUT2D eigenvalue weighted by molar-refractivity contribution is -0.267. The van der Waals surface area contributed by atoms with Gasteiger partial charge in [-0.2, -0.15) is 13.2 Å². The number of rotatable bonds is 2. The van der Waals surface area contributed by atoms with Crippen molar-refractivity contribution in [2.45, 2.75) is 11.8 Å². The first kappa shape index (κ1) is 14.1. The maximum absolute atomic E-state index is 12.8. The molecule has 0 heterocycles. The van der Waals surface area contributed by atoms with Crippen LogP contribution in [-0.4, -0.2) is 34.6 Å². The fourth-order valence-corrected chi connectivity index (χ4v) is 1.35. The number of phenolic OH excluding ortho intramolecular Hbond substituents is 2. The van der Waals surface area contributed by atoms with Crippen LogP contribution in [0.1, 0.15) is 5.56 Å². The number of carbonyl (C=O) groups excluding carboxylic acids is 1. The van der Waals surface area contributed by atoms with E-state index in [0.29, 0.717) is 19.2 Å². The maximum atomic E-state index is 12.8. The molecule has 0 bridgehead atoms. The van der Waals surface area contributed by atoms with Gasteiger partial charge in [-0.05, 0) is 12.1 Å². The molecule has 0 aromatic heterocycles.